The van der Waals surface area contributed by atoms with E-state index in [-0.39, 0.29) is 11.0 Å². The van der Waals surface area contributed by atoms with Gasteiger partial charge in [-0.1, -0.05) is 51.1 Å². The van der Waals surface area contributed by atoms with Crippen molar-refractivity contribution in [2.24, 2.45) is 0 Å². The Morgan fingerprint density at radius 2 is 1.70 bits per heavy atom. The average molecular weight is 292 g/mol. The summed E-state index contributed by atoms with van der Waals surface area (Å²) in [4.78, 5) is 11.9. The van der Waals surface area contributed by atoms with Crippen molar-refractivity contribution in [3.8, 4) is 0 Å². The normalized spacial score (nSPS) is 12.2. The average Bonchev–Trinajstić information content (AvgIpc) is 2.34. The third-order valence-electron chi connectivity index (χ3n) is 4.11. The van der Waals surface area contributed by atoms with E-state index in [4.69, 9.17) is 4.43 Å². The number of rotatable bonds is 6. The summed E-state index contributed by atoms with van der Waals surface area (Å²) in [5.74, 6) is -0.0235. The summed E-state index contributed by atoms with van der Waals surface area (Å²) in [6, 6.07) is 10.4. The number of hydrogen-bond donors (Lipinski definition) is 0. The summed E-state index contributed by atoms with van der Waals surface area (Å²) in [7, 11) is -1.94. The van der Waals surface area contributed by atoms with E-state index in [1.54, 1.807) is 0 Å². The first-order valence-corrected chi connectivity index (χ1v) is 10.4. The zero-order valence-electron chi connectivity index (χ0n) is 13.5. The molecule has 2 nitrogen and oxygen atoms in total. The predicted octanol–water partition coefficient (Wildman–Crippen LogP) is 4.95. The van der Waals surface area contributed by atoms with Crippen LogP contribution in [0.1, 0.15) is 45.6 Å². The minimum Gasteiger partial charge on any atom is -0.519 e. The Balaban J connectivity index is 2.27. The minimum absolute atomic E-state index is 0.0235. The summed E-state index contributed by atoms with van der Waals surface area (Å²) < 4.78 is 5.75. The molecule has 0 heterocycles. The first kappa shape index (κ1) is 17.0. The zero-order valence-corrected chi connectivity index (χ0v) is 14.5. The lowest BCUT2D eigenvalue weighted by molar-refractivity contribution is -0.135. The van der Waals surface area contributed by atoms with Crippen LogP contribution in [0, 0.1) is 0 Å². The SMILES string of the molecule is CC(C)(C)[Si](C)(C)OC(=O)CCCCc1ccccc1. The molecule has 20 heavy (non-hydrogen) atoms. The van der Waals surface area contributed by atoms with Crippen LogP contribution in [0.3, 0.4) is 0 Å². The first-order chi connectivity index (χ1) is 9.22. The third-order valence-corrected chi connectivity index (χ3v) is 8.46. The van der Waals surface area contributed by atoms with Gasteiger partial charge in [-0.3, -0.25) is 4.79 Å². The molecule has 0 amide bonds. The van der Waals surface area contributed by atoms with Gasteiger partial charge < -0.3 is 4.43 Å². The van der Waals surface area contributed by atoms with Crippen LogP contribution in [0.4, 0.5) is 0 Å². The van der Waals surface area contributed by atoms with E-state index in [0.29, 0.717) is 6.42 Å². The Morgan fingerprint density at radius 1 is 1.10 bits per heavy atom. The zero-order chi connectivity index (χ0) is 15.2. The van der Waals surface area contributed by atoms with Gasteiger partial charge in [-0.2, -0.15) is 0 Å². The van der Waals surface area contributed by atoms with E-state index in [2.05, 4.69) is 58.1 Å². The molecule has 0 aliphatic heterocycles. The molecule has 0 N–H and O–H groups in total. The van der Waals surface area contributed by atoms with Crippen molar-refractivity contribution in [1.29, 1.82) is 0 Å². The molecule has 0 fully saturated rings. The second-order valence-electron chi connectivity index (χ2n) is 6.93. The van der Waals surface area contributed by atoms with Crippen molar-refractivity contribution in [2.45, 2.75) is 64.6 Å². The summed E-state index contributed by atoms with van der Waals surface area (Å²) in [6.07, 6.45) is 3.52. The number of benzene rings is 1. The van der Waals surface area contributed by atoms with Crippen LogP contribution in [-0.4, -0.2) is 14.3 Å². The summed E-state index contributed by atoms with van der Waals surface area (Å²) >= 11 is 0. The molecule has 0 saturated heterocycles. The van der Waals surface area contributed by atoms with Crippen LogP contribution in [0.15, 0.2) is 30.3 Å². The number of carbonyl (C=O) groups is 1. The van der Waals surface area contributed by atoms with E-state index < -0.39 is 8.32 Å². The smallest absolute Gasteiger partial charge is 0.292 e. The number of hydrogen-bond acceptors (Lipinski definition) is 2. The summed E-state index contributed by atoms with van der Waals surface area (Å²) in [5.41, 5.74) is 1.34. The largest absolute Gasteiger partial charge is 0.519 e. The molecule has 0 saturated carbocycles. The van der Waals surface area contributed by atoms with Gasteiger partial charge in [-0.05, 0) is 43.0 Å². The van der Waals surface area contributed by atoms with Crippen LogP contribution in [0.2, 0.25) is 18.1 Å². The quantitative estimate of drug-likeness (QED) is 0.548. The number of aryl methyl sites for hydroxylation is 1. The molecular formula is C17H28O2Si. The van der Waals surface area contributed by atoms with Crippen molar-refractivity contribution in [3.05, 3.63) is 35.9 Å². The summed E-state index contributed by atoms with van der Waals surface area (Å²) in [5, 5.41) is 0.0900. The van der Waals surface area contributed by atoms with Gasteiger partial charge >= 0.3 is 0 Å². The second kappa shape index (κ2) is 7.07. The molecule has 1 rings (SSSR count). The lowest BCUT2D eigenvalue weighted by Crippen LogP contribution is -2.42. The van der Waals surface area contributed by atoms with Crippen molar-refractivity contribution >= 4 is 14.3 Å². The van der Waals surface area contributed by atoms with E-state index in [1.807, 2.05) is 6.07 Å². The lowest BCUT2D eigenvalue weighted by Gasteiger charge is -2.35. The highest BCUT2D eigenvalue weighted by Crippen LogP contribution is 2.36. The fraction of sp³-hybridized carbons (Fsp3) is 0.588. The van der Waals surface area contributed by atoms with E-state index in [9.17, 15) is 4.79 Å². The standard InChI is InChI=1S/C17H28O2Si/c1-17(2,3)20(4,5)19-16(18)14-10-9-13-15-11-7-6-8-12-15/h6-8,11-12H,9-10,13-14H2,1-5H3. The Labute approximate surface area is 124 Å². The second-order valence-corrected chi connectivity index (χ2v) is 11.7. The van der Waals surface area contributed by atoms with Gasteiger partial charge in [-0.25, -0.2) is 0 Å². The maximum Gasteiger partial charge on any atom is 0.292 e. The monoisotopic (exact) mass is 292 g/mol. The van der Waals surface area contributed by atoms with Crippen LogP contribution in [0.5, 0.6) is 0 Å². The fourth-order valence-corrected chi connectivity index (χ4v) is 2.71. The molecule has 0 radical (unpaired) electrons. The van der Waals surface area contributed by atoms with Crippen molar-refractivity contribution in [1.82, 2.24) is 0 Å². The van der Waals surface area contributed by atoms with Gasteiger partial charge in [0.15, 0.2) is 0 Å². The third kappa shape index (κ3) is 5.49. The lowest BCUT2D eigenvalue weighted by atomic mass is 10.1. The molecule has 0 aliphatic carbocycles. The van der Waals surface area contributed by atoms with Gasteiger partial charge in [0.25, 0.3) is 14.3 Å². The molecule has 1 aromatic carbocycles. The Kier molecular flexibility index (Phi) is 6.00. The highest BCUT2D eigenvalue weighted by molar-refractivity contribution is 6.75. The summed E-state index contributed by atoms with van der Waals surface area (Å²) in [6.45, 7) is 10.7. The van der Waals surface area contributed by atoms with Gasteiger partial charge in [0.2, 0.25) is 0 Å². The molecule has 3 heteroatoms. The van der Waals surface area contributed by atoms with Gasteiger partial charge in [0.1, 0.15) is 0 Å². The van der Waals surface area contributed by atoms with Gasteiger partial charge in [-0.15, -0.1) is 0 Å². The topological polar surface area (TPSA) is 26.3 Å². The maximum absolute atomic E-state index is 11.9. The van der Waals surface area contributed by atoms with Crippen molar-refractivity contribution in [2.75, 3.05) is 0 Å². The predicted molar refractivity (Wildman–Crippen MR) is 87.3 cm³/mol. The van der Waals surface area contributed by atoms with E-state index in [1.165, 1.54) is 5.56 Å². The molecule has 0 unspecified atom stereocenters. The maximum atomic E-state index is 11.9. The van der Waals surface area contributed by atoms with Crippen LogP contribution >= 0.6 is 0 Å². The number of carbonyl (C=O) groups excluding carboxylic acids is 1. The molecule has 0 aliphatic rings. The number of unbranched alkanes of at least 4 members (excludes halogenated alkanes) is 1. The molecule has 0 bridgehead atoms. The van der Waals surface area contributed by atoms with Crippen molar-refractivity contribution < 1.29 is 9.22 Å². The van der Waals surface area contributed by atoms with Crippen molar-refractivity contribution in [3.63, 3.8) is 0 Å². The fourth-order valence-electron chi connectivity index (χ4n) is 1.73. The van der Waals surface area contributed by atoms with E-state index in [0.717, 1.165) is 19.3 Å². The Bertz CT molecular complexity index is 418. The van der Waals surface area contributed by atoms with E-state index >= 15 is 0 Å². The van der Waals surface area contributed by atoms with Gasteiger partial charge in [0, 0.05) is 6.42 Å². The first-order valence-electron chi connectivity index (χ1n) is 7.48. The highest BCUT2D eigenvalue weighted by Gasteiger charge is 2.40. The molecule has 0 aromatic heterocycles. The van der Waals surface area contributed by atoms with Gasteiger partial charge in [0.05, 0.1) is 0 Å². The molecular weight excluding hydrogens is 264 g/mol. The van der Waals surface area contributed by atoms with Crippen LogP contribution in [-0.2, 0) is 15.6 Å². The molecule has 112 valence electrons. The molecule has 0 atom stereocenters. The molecule has 1 aromatic rings. The minimum atomic E-state index is -1.94. The van der Waals surface area contributed by atoms with Crippen LogP contribution in [0.25, 0.3) is 0 Å². The Hall–Kier alpha value is -1.09. The molecule has 0 spiro atoms. The Morgan fingerprint density at radius 3 is 2.25 bits per heavy atom. The van der Waals surface area contributed by atoms with Crippen LogP contribution < -0.4 is 0 Å². The highest BCUT2D eigenvalue weighted by atomic mass is 28.4.